The van der Waals surface area contributed by atoms with Gasteiger partial charge in [0.1, 0.15) is 11.6 Å². The number of aromatic nitrogens is 1. The van der Waals surface area contributed by atoms with Gasteiger partial charge in [-0.05, 0) is 60.7 Å². The van der Waals surface area contributed by atoms with Crippen LogP contribution in [0.3, 0.4) is 0 Å². The molecule has 1 aromatic heterocycles. The van der Waals surface area contributed by atoms with Crippen LogP contribution in [-0.4, -0.2) is 35.6 Å². The predicted octanol–water partition coefficient (Wildman–Crippen LogP) is 6.29. The maximum atomic E-state index is 15.2. The van der Waals surface area contributed by atoms with Crippen LogP contribution in [0.25, 0.3) is 10.9 Å². The summed E-state index contributed by atoms with van der Waals surface area (Å²) >= 11 is 0. The van der Waals surface area contributed by atoms with Crippen LogP contribution in [-0.2, 0) is 11.3 Å². The summed E-state index contributed by atoms with van der Waals surface area (Å²) in [5.74, 6) is 0.300. The number of hydrogen-bond acceptors (Lipinski definition) is 2. The van der Waals surface area contributed by atoms with E-state index >= 15 is 4.39 Å². The molecule has 2 heterocycles. The molecule has 1 amide bonds. The Labute approximate surface area is 205 Å². The minimum Gasteiger partial charge on any atom is -0.497 e. The molecule has 0 N–H and O–H groups in total. The Morgan fingerprint density at radius 2 is 1.74 bits per heavy atom. The van der Waals surface area contributed by atoms with Gasteiger partial charge in [0.15, 0.2) is 0 Å². The van der Waals surface area contributed by atoms with E-state index in [1.54, 1.807) is 13.2 Å². The summed E-state index contributed by atoms with van der Waals surface area (Å²) in [6, 6.07) is 21.4. The van der Waals surface area contributed by atoms with Crippen LogP contribution in [0, 0.1) is 12.7 Å². The monoisotopic (exact) mass is 470 g/mol. The number of carbonyl (C=O) groups is 1. The fourth-order valence-corrected chi connectivity index (χ4v) is 5.20. The van der Waals surface area contributed by atoms with Crippen molar-refractivity contribution in [3.05, 3.63) is 101 Å². The van der Waals surface area contributed by atoms with E-state index in [1.165, 1.54) is 6.07 Å². The van der Waals surface area contributed by atoms with E-state index in [4.69, 9.17) is 4.74 Å². The van der Waals surface area contributed by atoms with E-state index in [1.807, 2.05) is 42.2 Å². The van der Waals surface area contributed by atoms with Crippen LogP contribution in [0.4, 0.5) is 4.39 Å². The number of methoxy groups -OCH3 is 1. The molecule has 4 nitrogen and oxygen atoms in total. The van der Waals surface area contributed by atoms with Gasteiger partial charge in [-0.25, -0.2) is 4.39 Å². The molecule has 0 spiro atoms. The molecule has 1 aliphatic rings. The Hall–Kier alpha value is -3.60. The molecular formula is C30H31FN2O2. The van der Waals surface area contributed by atoms with Crippen molar-refractivity contribution in [2.75, 3.05) is 20.2 Å². The van der Waals surface area contributed by atoms with Crippen molar-refractivity contribution in [2.45, 2.75) is 38.6 Å². The maximum Gasteiger partial charge on any atom is 0.223 e. The molecule has 1 fully saturated rings. The number of para-hydroxylation sites is 1. The normalized spacial score (nSPS) is 14.4. The summed E-state index contributed by atoms with van der Waals surface area (Å²) in [6.07, 6.45) is 4.45. The largest absolute Gasteiger partial charge is 0.497 e. The van der Waals surface area contributed by atoms with Crippen molar-refractivity contribution in [3.63, 3.8) is 0 Å². The van der Waals surface area contributed by atoms with Crippen molar-refractivity contribution >= 4 is 16.8 Å². The second kappa shape index (κ2) is 9.95. The first-order valence-electron chi connectivity index (χ1n) is 12.3. The quantitative estimate of drug-likeness (QED) is 0.318. The van der Waals surface area contributed by atoms with Crippen LogP contribution in [0.1, 0.15) is 47.4 Å². The zero-order chi connectivity index (χ0) is 24.4. The number of likely N-dealkylation sites (tertiary alicyclic amines) is 1. The summed E-state index contributed by atoms with van der Waals surface area (Å²) < 4.78 is 22.7. The number of hydrogen-bond donors (Lipinski definition) is 0. The lowest BCUT2D eigenvalue weighted by molar-refractivity contribution is -0.130. The molecule has 0 radical (unpaired) electrons. The molecule has 1 aliphatic heterocycles. The van der Waals surface area contributed by atoms with Crippen molar-refractivity contribution in [1.82, 2.24) is 9.47 Å². The second-order valence-electron chi connectivity index (χ2n) is 9.45. The smallest absolute Gasteiger partial charge is 0.223 e. The molecule has 1 atom stereocenters. The number of fused-ring (bicyclic) bond motifs is 1. The molecular weight excluding hydrogens is 439 g/mol. The number of benzene rings is 3. The van der Waals surface area contributed by atoms with Gasteiger partial charge >= 0.3 is 0 Å². The molecule has 180 valence electrons. The third-order valence-corrected chi connectivity index (χ3v) is 7.07. The average molecular weight is 471 g/mol. The molecule has 0 aliphatic carbocycles. The first-order chi connectivity index (χ1) is 17.0. The van der Waals surface area contributed by atoms with E-state index in [2.05, 4.69) is 35.0 Å². The van der Waals surface area contributed by atoms with Gasteiger partial charge in [-0.2, -0.15) is 0 Å². The van der Waals surface area contributed by atoms with Crippen molar-refractivity contribution in [2.24, 2.45) is 0 Å². The summed E-state index contributed by atoms with van der Waals surface area (Å²) in [5.41, 5.74) is 4.78. The van der Waals surface area contributed by atoms with E-state index in [0.717, 1.165) is 59.3 Å². The van der Waals surface area contributed by atoms with E-state index in [-0.39, 0.29) is 24.1 Å². The topological polar surface area (TPSA) is 34.5 Å². The van der Waals surface area contributed by atoms with Gasteiger partial charge in [-0.1, -0.05) is 48.0 Å². The SMILES string of the molecule is COc1ccc(Cn2cc([C@H](CC(=O)N3CCCC3)c3cc(C)ccc3F)c3ccccc32)cc1. The molecule has 0 saturated carbocycles. The Kier molecular flexibility index (Phi) is 6.58. The number of nitrogens with zero attached hydrogens (tertiary/aromatic N) is 2. The van der Waals surface area contributed by atoms with Crippen molar-refractivity contribution in [3.8, 4) is 5.75 Å². The molecule has 5 heteroatoms. The van der Waals surface area contributed by atoms with Gasteiger partial charge < -0.3 is 14.2 Å². The van der Waals surface area contributed by atoms with Crippen LogP contribution in [0.2, 0.25) is 0 Å². The van der Waals surface area contributed by atoms with Gasteiger partial charge in [0.25, 0.3) is 0 Å². The summed E-state index contributed by atoms with van der Waals surface area (Å²) in [7, 11) is 1.66. The highest BCUT2D eigenvalue weighted by Gasteiger charge is 2.28. The minimum absolute atomic E-state index is 0.0976. The molecule has 0 bridgehead atoms. The highest BCUT2D eigenvalue weighted by Crippen LogP contribution is 2.37. The van der Waals surface area contributed by atoms with Crippen molar-refractivity contribution in [1.29, 1.82) is 0 Å². The van der Waals surface area contributed by atoms with Gasteiger partial charge in [-0.15, -0.1) is 0 Å². The molecule has 5 rings (SSSR count). The zero-order valence-electron chi connectivity index (χ0n) is 20.3. The van der Waals surface area contributed by atoms with Gasteiger partial charge in [0.05, 0.1) is 7.11 Å². The molecule has 35 heavy (non-hydrogen) atoms. The Morgan fingerprint density at radius 1 is 1.00 bits per heavy atom. The Bertz CT molecular complexity index is 1340. The molecule has 1 saturated heterocycles. The van der Waals surface area contributed by atoms with E-state index in [0.29, 0.717) is 12.1 Å². The minimum atomic E-state index is -0.356. The lowest BCUT2D eigenvalue weighted by Gasteiger charge is -2.22. The number of rotatable bonds is 7. The van der Waals surface area contributed by atoms with Crippen LogP contribution >= 0.6 is 0 Å². The predicted molar refractivity (Wildman–Crippen MR) is 137 cm³/mol. The lowest BCUT2D eigenvalue weighted by atomic mass is 9.86. The average Bonchev–Trinajstić information content (AvgIpc) is 3.54. The number of halogens is 1. The summed E-state index contributed by atoms with van der Waals surface area (Å²) in [6.45, 7) is 4.23. The Balaban J connectivity index is 1.58. The molecule has 3 aromatic carbocycles. The van der Waals surface area contributed by atoms with E-state index in [9.17, 15) is 4.79 Å². The van der Waals surface area contributed by atoms with Gasteiger partial charge in [0, 0.05) is 49.1 Å². The van der Waals surface area contributed by atoms with Gasteiger partial charge in [0.2, 0.25) is 5.91 Å². The van der Waals surface area contributed by atoms with Crippen molar-refractivity contribution < 1.29 is 13.9 Å². The molecule has 4 aromatic rings. The van der Waals surface area contributed by atoms with Gasteiger partial charge in [-0.3, -0.25) is 4.79 Å². The highest BCUT2D eigenvalue weighted by atomic mass is 19.1. The zero-order valence-corrected chi connectivity index (χ0v) is 20.3. The summed E-state index contributed by atoms with van der Waals surface area (Å²) in [4.78, 5) is 15.2. The summed E-state index contributed by atoms with van der Waals surface area (Å²) in [5, 5.41) is 1.06. The second-order valence-corrected chi connectivity index (χ2v) is 9.45. The lowest BCUT2D eigenvalue weighted by Crippen LogP contribution is -2.29. The first kappa shape index (κ1) is 23.2. The Morgan fingerprint density at radius 3 is 2.49 bits per heavy atom. The highest BCUT2D eigenvalue weighted by molar-refractivity contribution is 5.87. The third-order valence-electron chi connectivity index (χ3n) is 7.07. The first-order valence-corrected chi connectivity index (χ1v) is 12.3. The number of carbonyl (C=O) groups excluding carboxylic acids is 1. The van der Waals surface area contributed by atoms with Crippen LogP contribution in [0.15, 0.2) is 72.9 Å². The fourth-order valence-electron chi connectivity index (χ4n) is 5.20. The van der Waals surface area contributed by atoms with Crippen LogP contribution < -0.4 is 4.74 Å². The number of ether oxygens (including phenoxy) is 1. The number of amides is 1. The number of aryl methyl sites for hydroxylation is 1. The fraction of sp³-hybridized carbons (Fsp3) is 0.300. The van der Waals surface area contributed by atoms with E-state index < -0.39 is 0 Å². The maximum absolute atomic E-state index is 15.2. The third kappa shape index (κ3) is 4.81. The standard InChI is InChI=1S/C30H31FN2O2/c1-21-9-14-28(31)26(17-21)25(18-30(34)32-15-5-6-16-32)27-20-33(29-8-4-3-7-24(27)29)19-22-10-12-23(35-2)13-11-22/h3-4,7-14,17,20,25H,5-6,15-16,18-19H2,1-2H3/t25-/m1/s1. The molecule has 0 unspecified atom stereocenters. The van der Waals surface area contributed by atoms with Crippen LogP contribution in [0.5, 0.6) is 5.75 Å².